The molecule has 6 heteroatoms. The number of Topliss-reactive ketones (excluding diaryl/α,β-unsaturated/α-hetero) is 1. The molecule has 1 aliphatic rings. The SMILES string of the molecule is C=CCn1c(SC(CC)C(=O)c2ccc(OC)cc2)nnc1C1CC1. The van der Waals surface area contributed by atoms with Crippen molar-refractivity contribution in [3.8, 4) is 5.75 Å². The molecule has 2 aromatic rings. The first-order valence-electron chi connectivity index (χ1n) is 8.56. The maximum absolute atomic E-state index is 12.9. The van der Waals surface area contributed by atoms with Gasteiger partial charge < -0.3 is 9.30 Å². The molecule has 0 aliphatic heterocycles. The van der Waals surface area contributed by atoms with E-state index in [1.807, 2.05) is 37.3 Å². The van der Waals surface area contributed by atoms with Crippen molar-refractivity contribution in [2.45, 2.75) is 49.1 Å². The van der Waals surface area contributed by atoms with Gasteiger partial charge in [-0.1, -0.05) is 24.8 Å². The first-order chi connectivity index (χ1) is 12.2. The molecule has 1 unspecified atom stereocenters. The number of rotatable bonds is 9. The van der Waals surface area contributed by atoms with Gasteiger partial charge >= 0.3 is 0 Å². The molecule has 0 N–H and O–H groups in total. The Morgan fingerprint density at radius 1 is 1.40 bits per heavy atom. The number of hydrogen-bond acceptors (Lipinski definition) is 5. The third-order valence-electron chi connectivity index (χ3n) is 4.29. The average molecular weight is 357 g/mol. The highest BCUT2D eigenvalue weighted by Crippen LogP contribution is 2.40. The van der Waals surface area contributed by atoms with Gasteiger partial charge in [0.25, 0.3) is 0 Å². The second kappa shape index (κ2) is 7.87. The fourth-order valence-corrected chi connectivity index (χ4v) is 3.77. The molecule has 0 bridgehead atoms. The zero-order valence-electron chi connectivity index (χ0n) is 14.6. The largest absolute Gasteiger partial charge is 0.497 e. The van der Waals surface area contributed by atoms with Crippen LogP contribution in [-0.2, 0) is 6.54 Å². The van der Waals surface area contributed by atoms with E-state index in [1.54, 1.807) is 7.11 Å². The molecule has 5 nitrogen and oxygen atoms in total. The van der Waals surface area contributed by atoms with Crippen molar-refractivity contribution >= 4 is 17.5 Å². The van der Waals surface area contributed by atoms with Gasteiger partial charge in [-0.2, -0.15) is 0 Å². The molecule has 25 heavy (non-hydrogen) atoms. The summed E-state index contributed by atoms with van der Waals surface area (Å²) in [4.78, 5) is 12.9. The van der Waals surface area contributed by atoms with Gasteiger partial charge in [0.15, 0.2) is 10.9 Å². The van der Waals surface area contributed by atoms with Crippen LogP contribution in [-0.4, -0.2) is 32.9 Å². The maximum Gasteiger partial charge on any atom is 0.192 e. The average Bonchev–Trinajstić information content (AvgIpc) is 3.42. The maximum atomic E-state index is 12.9. The number of carbonyl (C=O) groups excluding carboxylic acids is 1. The lowest BCUT2D eigenvalue weighted by Gasteiger charge is -2.14. The number of methoxy groups -OCH3 is 1. The molecule has 1 aromatic heterocycles. The van der Waals surface area contributed by atoms with Crippen LogP contribution in [0.5, 0.6) is 5.75 Å². The summed E-state index contributed by atoms with van der Waals surface area (Å²) >= 11 is 1.49. The highest BCUT2D eigenvalue weighted by Gasteiger charge is 2.31. The van der Waals surface area contributed by atoms with Gasteiger partial charge in [0.05, 0.1) is 12.4 Å². The smallest absolute Gasteiger partial charge is 0.192 e. The van der Waals surface area contributed by atoms with Gasteiger partial charge in [0, 0.05) is 18.0 Å². The van der Waals surface area contributed by atoms with Crippen molar-refractivity contribution in [2.24, 2.45) is 0 Å². The standard InChI is InChI=1S/C19H23N3O2S/c1-4-12-22-18(14-6-7-14)20-21-19(22)25-16(5-2)17(23)13-8-10-15(24-3)11-9-13/h4,8-11,14,16H,1,5-7,12H2,2-3H3. The number of aromatic nitrogens is 3. The Balaban J connectivity index is 1.79. The number of benzene rings is 1. The van der Waals surface area contributed by atoms with Crippen LogP contribution >= 0.6 is 11.8 Å². The second-order valence-corrected chi connectivity index (χ2v) is 7.29. The van der Waals surface area contributed by atoms with Crippen LogP contribution in [0.4, 0.5) is 0 Å². The summed E-state index contributed by atoms with van der Waals surface area (Å²) < 4.78 is 7.25. The second-order valence-electron chi connectivity index (χ2n) is 6.12. The van der Waals surface area contributed by atoms with E-state index in [0.717, 1.165) is 23.2 Å². The van der Waals surface area contributed by atoms with Crippen LogP contribution in [0.25, 0.3) is 0 Å². The molecule has 1 heterocycles. The molecule has 0 amide bonds. The third-order valence-corrected chi connectivity index (χ3v) is 5.63. The van der Waals surface area contributed by atoms with Crippen molar-refractivity contribution in [2.75, 3.05) is 7.11 Å². The number of allylic oxidation sites excluding steroid dienone is 1. The lowest BCUT2D eigenvalue weighted by atomic mass is 10.1. The number of hydrogen-bond donors (Lipinski definition) is 0. The van der Waals surface area contributed by atoms with Gasteiger partial charge in [-0.25, -0.2) is 0 Å². The third kappa shape index (κ3) is 3.95. The van der Waals surface area contributed by atoms with Crippen LogP contribution in [0.3, 0.4) is 0 Å². The lowest BCUT2D eigenvalue weighted by molar-refractivity contribution is 0.0988. The first kappa shape index (κ1) is 17.7. The fraction of sp³-hybridized carbons (Fsp3) is 0.421. The number of ketones is 1. The fourth-order valence-electron chi connectivity index (χ4n) is 2.72. The predicted octanol–water partition coefficient (Wildman–Crippen LogP) is 4.10. The summed E-state index contributed by atoms with van der Waals surface area (Å²) in [7, 11) is 1.62. The van der Waals surface area contributed by atoms with E-state index >= 15 is 0 Å². The Labute approximate surface area is 152 Å². The molecule has 1 aliphatic carbocycles. The molecule has 0 radical (unpaired) electrons. The summed E-state index contributed by atoms with van der Waals surface area (Å²) in [6.07, 6.45) is 4.92. The number of carbonyl (C=O) groups is 1. The topological polar surface area (TPSA) is 57.0 Å². The molecule has 1 saturated carbocycles. The Morgan fingerprint density at radius 2 is 2.12 bits per heavy atom. The van der Waals surface area contributed by atoms with Gasteiger partial charge in [-0.05, 0) is 43.5 Å². The van der Waals surface area contributed by atoms with Crippen LogP contribution in [0.15, 0.2) is 42.1 Å². The van der Waals surface area contributed by atoms with E-state index in [0.29, 0.717) is 18.0 Å². The Bertz CT molecular complexity index is 751. The van der Waals surface area contributed by atoms with Crippen LogP contribution in [0, 0.1) is 0 Å². The quantitative estimate of drug-likeness (QED) is 0.384. The minimum atomic E-state index is -0.187. The minimum Gasteiger partial charge on any atom is -0.497 e. The zero-order valence-corrected chi connectivity index (χ0v) is 15.5. The highest BCUT2D eigenvalue weighted by atomic mass is 32.2. The monoisotopic (exact) mass is 357 g/mol. The zero-order chi connectivity index (χ0) is 17.8. The normalized spacial score (nSPS) is 15.0. The highest BCUT2D eigenvalue weighted by molar-refractivity contribution is 8.00. The van der Waals surface area contributed by atoms with Crippen molar-refractivity contribution < 1.29 is 9.53 Å². The Kier molecular flexibility index (Phi) is 5.58. The van der Waals surface area contributed by atoms with Crippen LogP contribution < -0.4 is 4.74 Å². The van der Waals surface area contributed by atoms with E-state index in [-0.39, 0.29) is 11.0 Å². The number of nitrogens with zero attached hydrogens (tertiary/aromatic N) is 3. The lowest BCUT2D eigenvalue weighted by Crippen LogP contribution is -2.17. The predicted molar refractivity (Wildman–Crippen MR) is 99.5 cm³/mol. The molecule has 0 saturated heterocycles. The molecule has 1 atom stereocenters. The molecule has 0 spiro atoms. The van der Waals surface area contributed by atoms with E-state index < -0.39 is 0 Å². The molecule has 1 fully saturated rings. The Hall–Kier alpha value is -2.08. The molecular weight excluding hydrogens is 334 g/mol. The van der Waals surface area contributed by atoms with E-state index in [2.05, 4.69) is 21.3 Å². The van der Waals surface area contributed by atoms with E-state index in [1.165, 1.54) is 24.6 Å². The van der Waals surface area contributed by atoms with Crippen LogP contribution in [0.1, 0.15) is 48.3 Å². The van der Waals surface area contributed by atoms with E-state index in [9.17, 15) is 4.79 Å². The van der Waals surface area contributed by atoms with Crippen molar-refractivity contribution in [3.05, 3.63) is 48.3 Å². The van der Waals surface area contributed by atoms with Gasteiger partial charge in [-0.3, -0.25) is 4.79 Å². The minimum absolute atomic E-state index is 0.108. The Morgan fingerprint density at radius 3 is 2.68 bits per heavy atom. The molecular formula is C19H23N3O2S. The summed E-state index contributed by atoms with van der Waals surface area (Å²) in [5.41, 5.74) is 0.692. The molecule has 132 valence electrons. The van der Waals surface area contributed by atoms with Gasteiger partial charge in [0.1, 0.15) is 11.6 Å². The van der Waals surface area contributed by atoms with Gasteiger partial charge in [0.2, 0.25) is 0 Å². The summed E-state index contributed by atoms with van der Waals surface area (Å²) in [5.74, 6) is 2.39. The van der Waals surface area contributed by atoms with Crippen LogP contribution in [0.2, 0.25) is 0 Å². The van der Waals surface area contributed by atoms with Crippen molar-refractivity contribution in [1.82, 2.24) is 14.8 Å². The molecule has 3 rings (SSSR count). The molecule has 1 aromatic carbocycles. The summed E-state index contributed by atoms with van der Waals surface area (Å²) in [5, 5.41) is 9.31. The van der Waals surface area contributed by atoms with Crippen molar-refractivity contribution in [1.29, 1.82) is 0 Å². The first-order valence-corrected chi connectivity index (χ1v) is 9.44. The number of thioether (sulfide) groups is 1. The summed E-state index contributed by atoms with van der Waals surface area (Å²) in [6, 6.07) is 7.26. The van der Waals surface area contributed by atoms with Gasteiger partial charge in [-0.15, -0.1) is 16.8 Å². The van der Waals surface area contributed by atoms with Crippen molar-refractivity contribution in [3.63, 3.8) is 0 Å². The van der Waals surface area contributed by atoms with E-state index in [4.69, 9.17) is 4.74 Å². The summed E-state index contributed by atoms with van der Waals surface area (Å²) in [6.45, 7) is 6.53. The number of ether oxygens (including phenoxy) is 1.